The standard InChI is InChI=1S/C20H20ClNO2/c21-18-9-5-4-6-16(18)10-11-19(23)24-20(12-14-22-15-13-20)17-7-2-1-3-8-17/h1-11,22H,12-15H2/b11-10+. The highest BCUT2D eigenvalue weighted by Gasteiger charge is 2.37. The van der Waals surface area contributed by atoms with Gasteiger partial charge in [0.1, 0.15) is 5.60 Å². The lowest BCUT2D eigenvalue weighted by molar-refractivity contribution is -0.157. The smallest absolute Gasteiger partial charge is 0.331 e. The molecule has 124 valence electrons. The molecule has 3 rings (SSSR count). The maximum atomic E-state index is 12.4. The summed E-state index contributed by atoms with van der Waals surface area (Å²) in [7, 11) is 0. The molecule has 0 atom stereocenters. The Morgan fingerprint density at radius 2 is 1.71 bits per heavy atom. The minimum Gasteiger partial charge on any atom is -0.451 e. The summed E-state index contributed by atoms with van der Waals surface area (Å²) in [6, 6.07) is 17.4. The van der Waals surface area contributed by atoms with Gasteiger partial charge in [0.05, 0.1) is 0 Å². The maximum absolute atomic E-state index is 12.4. The third-order valence-electron chi connectivity index (χ3n) is 4.31. The Morgan fingerprint density at radius 1 is 1.04 bits per heavy atom. The van der Waals surface area contributed by atoms with E-state index in [0.717, 1.165) is 37.1 Å². The molecule has 1 heterocycles. The van der Waals surface area contributed by atoms with Gasteiger partial charge in [-0.15, -0.1) is 0 Å². The first-order valence-corrected chi connectivity index (χ1v) is 8.49. The molecule has 1 N–H and O–H groups in total. The van der Waals surface area contributed by atoms with Crippen LogP contribution in [0.25, 0.3) is 6.08 Å². The van der Waals surface area contributed by atoms with Gasteiger partial charge in [0.2, 0.25) is 0 Å². The normalized spacial score (nSPS) is 16.9. The molecule has 0 radical (unpaired) electrons. The van der Waals surface area contributed by atoms with Crippen LogP contribution in [0.3, 0.4) is 0 Å². The fraction of sp³-hybridized carbons (Fsp3) is 0.250. The summed E-state index contributed by atoms with van der Waals surface area (Å²) in [5.41, 5.74) is 1.29. The first-order valence-electron chi connectivity index (χ1n) is 8.11. The van der Waals surface area contributed by atoms with Crippen molar-refractivity contribution in [1.29, 1.82) is 0 Å². The zero-order chi connectivity index (χ0) is 16.8. The highest BCUT2D eigenvalue weighted by molar-refractivity contribution is 6.32. The van der Waals surface area contributed by atoms with Crippen LogP contribution in [0.15, 0.2) is 60.7 Å². The summed E-state index contributed by atoms with van der Waals surface area (Å²) in [5.74, 6) is -0.347. The van der Waals surface area contributed by atoms with E-state index >= 15 is 0 Å². The average molecular weight is 342 g/mol. The molecule has 0 aromatic heterocycles. The van der Waals surface area contributed by atoms with Crippen molar-refractivity contribution in [2.45, 2.75) is 18.4 Å². The number of piperidine rings is 1. The fourth-order valence-corrected chi connectivity index (χ4v) is 3.22. The number of carbonyl (C=O) groups excluding carboxylic acids is 1. The summed E-state index contributed by atoms with van der Waals surface area (Å²) < 4.78 is 5.92. The molecule has 0 unspecified atom stereocenters. The number of hydrogen-bond donors (Lipinski definition) is 1. The van der Waals surface area contributed by atoms with Gasteiger partial charge in [-0.3, -0.25) is 0 Å². The lowest BCUT2D eigenvalue weighted by atomic mass is 9.85. The Hall–Kier alpha value is -2.10. The lowest BCUT2D eigenvalue weighted by Crippen LogP contribution is -2.42. The average Bonchev–Trinajstić information content (AvgIpc) is 2.62. The fourth-order valence-electron chi connectivity index (χ4n) is 3.02. The highest BCUT2D eigenvalue weighted by Crippen LogP contribution is 2.35. The van der Waals surface area contributed by atoms with Crippen molar-refractivity contribution >= 4 is 23.6 Å². The van der Waals surface area contributed by atoms with Gasteiger partial charge in [-0.25, -0.2) is 4.79 Å². The second-order valence-electron chi connectivity index (χ2n) is 5.89. The summed E-state index contributed by atoms with van der Waals surface area (Å²) >= 11 is 6.11. The Bertz CT molecular complexity index is 721. The molecule has 1 aliphatic heterocycles. The van der Waals surface area contributed by atoms with Gasteiger partial charge >= 0.3 is 5.97 Å². The van der Waals surface area contributed by atoms with Gasteiger partial charge in [-0.1, -0.05) is 60.1 Å². The van der Waals surface area contributed by atoms with Crippen LogP contribution in [-0.2, 0) is 15.1 Å². The SMILES string of the molecule is O=C(/C=C/c1ccccc1Cl)OC1(c2ccccc2)CCNCC1. The second-order valence-corrected chi connectivity index (χ2v) is 6.29. The number of rotatable bonds is 4. The molecule has 0 amide bonds. The molecule has 24 heavy (non-hydrogen) atoms. The van der Waals surface area contributed by atoms with Crippen LogP contribution >= 0.6 is 11.6 Å². The van der Waals surface area contributed by atoms with Crippen molar-refractivity contribution in [3.8, 4) is 0 Å². The van der Waals surface area contributed by atoms with Crippen LogP contribution in [0.5, 0.6) is 0 Å². The molecule has 3 nitrogen and oxygen atoms in total. The van der Waals surface area contributed by atoms with Crippen molar-refractivity contribution in [3.63, 3.8) is 0 Å². The summed E-state index contributed by atoms with van der Waals surface area (Å²) in [5, 5.41) is 3.93. The molecule has 2 aromatic rings. The van der Waals surface area contributed by atoms with Gasteiger partial charge in [0.15, 0.2) is 0 Å². The van der Waals surface area contributed by atoms with E-state index in [4.69, 9.17) is 16.3 Å². The number of esters is 1. The van der Waals surface area contributed by atoms with E-state index in [-0.39, 0.29) is 5.97 Å². The molecular formula is C20H20ClNO2. The molecule has 2 aromatic carbocycles. The van der Waals surface area contributed by atoms with E-state index in [0.29, 0.717) is 5.02 Å². The predicted octanol–water partition coefficient (Wildman–Crippen LogP) is 4.18. The van der Waals surface area contributed by atoms with Gasteiger partial charge in [-0.05, 0) is 36.4 Å². The van der Waals surface area contributed by atoms with E-state index in [2.05, 4.69) is 5.32 Å². The third kappa shape index (κ3) is 3.86. The minimum absolute atomic E-state index is 0.347. The van der Waals surface area contributed by atoms with Gasteiger partial charge in [0, 0.05) is 23.9 Å². The van der Waals surface area contributed by atoms with Crippen LogP contribution in [0.2, 0.25) is 5.02 Å². The molecule has 1 aliphatic rings. The van der Waals surface area contributed by atoms with Crippen LogP contribution in [-0.4, -0.2) is 19.1 Å². The largest absolute Gasteiger partial charge is 0.451 e. The Balaban J connectivity index is 1.78. The van der Waals surface area contributed by atoms with Crippen molar-refractivity contribution in [3.05, 3.63) is 76.8 Å². The molecule has 0 bridgehead atoms. The first kappa shape index (κ1) is 16.7. The predicted molar refractivity (Wildman–Crippen MR) is 96.8 cm³/mol. The number of halogens is 1. The van der Waals surface area contributed by atoms with Crippen molar-refractivity contribution in [2.24, 2.45) is 0 Å². The van der Waals surface area contributed by atoms with Gasteiger partial charge in [0.25, 0.3) is 0 Å². The van der Waals surface area contributed by atoms with Crippen molar-refractivity contribution < 1.29 is 9.53 Å². The van der Waals surface area contributed by atoms with E-state index in [9.17, 15) is 4.79 Å². The van der Waals surface area contributed by atoms with Crippen molar-refractivity contribution in [2.75, 3.05) is 13.1 Å². The topological polar surface area (TPSA) is 38.3 Å². The number of carbonyl (C=O) groups is 1. The zero-order valence-electron chi connectivity index (χ0n) is 13.4. The minimum atomic E-state index is -0.561. The molecule has 0 saturated carbocycles. The molecule has 0 aliphatic carbocycles. The maximum Gasteiger partial charge on any atom is 0.331 e. The van der Waals surface area contributed by atoms with E-state index in [1.165, 1.54) is 6.08 Å². The Kier molecular flexibility index (Phi) is 5.34. The molecule has 4 heteroatoms. The van der Waals surface area contributed by atoms with Gasteiger partial charge in [-0.2, -0.15) is 0 Å². The quantitative estimate of drug-likeness (QED) is 0.670. The summed E-state index contributed by atoms with van der Waals surface area (Å²) in [4.78, 5) is 12.4. The van der Waals surface area contributed by atoms with E-state index in [1.807, 2.05) is 48.5 Å². The monoisotopic (exact) mass is 341 g/mol. The van der Waals surface area contributed by atoms with E-state index < -0.39 is 5.60 Å². The summed E-state index contributed by atoms with van der Waals surface area (Å²) in [6.07, 6.45) is 4.68. The molecule has 1 fully saturated rings. The number of ether oxygens (including phenoxy) is 1. The Morgan fingerprint density at radius 3 is 2.42 bits per heavy atom. The molecule has 0 spiro atoms. The zero-order valence-corrected chi connectivity index (χ0v) is 14.1. The van der Waals surface area contributed by atoms with Crippen LogP contribution in [0.1, 0.15) is 24.0 Å². The van der Waals surface area contributed by atoms with Crippen LogP contribution < -0.4 is 5.32 Å². The summed E-state index contributed by atoms with van der Waals surface area (Å²) in [6.45, 7) is 1.66. The third-order valence-corrected chi connectivity index (χ3v) is 4.66. The van der Waals surface area contributed by atoms with Crippen LogP contribution in [0, 0.1) is 0 Å². The first-order chi connectivity index (χ1) is 11.7. The lowest BCUT2D eigenvalue weighted by Gasteiger charge is -2.37. The van der Waals surface area contributed by atoms with Crippen molar-refractivity contribution in [1.82, 2.24) is 5.32 Å². The van der Waals surface area contributed by atoms with Gasteiger partial charge < -0.3 is 10.1 Å². The number of nitrogens with one attached hydrogen (secondary N) is 1. The number of hydrogen-bond acceptors (Lipinski definition) is 3. The molecule has 1 saturated heterocycles. The number of benzene rings is 2. The second kappa shape index (κ2) is 7.65. The van der Waals surface area contributed by atoms with Crippen LogP contribution in [0.4, 0.5) is 0 Å². The Labute approximate surface area is 147 Å². The molecular weight excluding hydrogens is 322 g/mol. The highest BCUT2D eigenvalue weighted by atomic mass is 35.5. The van der Waals surface area contributed by atoms with E-state index in [1.54, 1.807) is 12.1 Å².